The van der Waals surface area contributed by atoms with Crippen LogP contribution in [0.3, 0.4) is 0 Å². The number of para-hydroxylation sites is 2. The summed E-state index contributed by atoms with van der Waals surface area (Å²) in [6, 6.07) is 14.0. The number of nitrogens with zero attached hydrogens (tertiary/aromatic N) is 4. The Morgan fingerprint density at radius 2 is 1.81 bits per heavy atom. The second-order valence-electron chi connectivity index (χ2n) is 7.34. The molecule has 0 spiro atoms. The van der Waals surface area contributed by atoms with Gasteiger partial charge in [-0.1, -0.05) is 18.2 Å². The second kappa shape index (κ2) is 9.35. The summed E-state index contributed by atoms with van der Waals surface area (Å²) < 4.78 is 12.6. The lowest BCUT2D eigenvalue weighted by molar-refractivity contribution is -0.127. The van der Waals surface area contributed by atoms with Crippen molar-refractivity contribution in [2.75, 3.05) is 20.2 Å². The molecule has 1 fully saturated rings. The molecule has 0 radical (unpaired) electrons. The lowest BCUT2D eigenvalue weighted by atomic mass is 10.1. The van der Waals surface area contributed by atoms with Gasteiger partial charge in [-0.25, -0.2) is 0 Å². The van der Waals surface area contributed by atoms with E-state index < -0.39 is 11.5 Å². The lowest BCUT2D eigenvalue weighted by Gasteiger charge is -2.26. The van der Waals surface area contributed by atoms with Crippen LogP contribution in [0.25, 0.3) is 11.7 Å². The minimum absolute atomic E-state index is 0.00936. The number of likely N-dealkylation sites (tertiary alicyclic amines) is 1. The van der Waals surface area contributed by atoms with Gasteiger partial charge in [0.2, 0.25) is 5.88 Å². The summed E-state index contributed by atoms with van der Waals surface area (Å²) >= 11 is 0. The number of amides is 1. The van der Waals surface area contributed by atoms with E-state index in [1.807, 2.05) is 6.07 Å². The summed E-state index contributed by atoms with van der Waals surface area (Å²) in [5, 5.41) is 9.70. The molecule has 3 aromatic rings. The van der Waals surface area contributed by atoms with E-state index in [1.165, 1.54) is 17.6 Å². The van der Waals surface area contributed by atoms with Crippen molar-refractivity contribution in [2.45, 2.75) is 19.3 Å². The zero-order valence-corrected chi connectivity index (χ0v) is 17.7. The van der Waals surface area contributed by atoms with Crippen molar-refractivity contribution in [1.82, 2.24) is 14.3 Å². The normalized spacial score (nSPS) is 14.1. The first-order valence-corrected chi connectivity index (χ1v) is 10.4. The molecule has 162 valence electrons. The van der Waals surface area contributed by atoms with E-state index in [0.717, 1.165) is 19.3 Å². The molecule has 8 nitrogen and oxygen atoms in total. The first-order valence-electron chi connectivity index (χ1n) is 10.4. The van der Waals surface area contributed by atoms with Gasteiger partial charge < -0.3 is 14.4 Å². The number of hydrogen-bond acceptors (Lipinski definition) is 6. The van der Waals surface area contributed by atoms with Crippen molar-refractivity contribution < 1.29 is 14.3 Å². The SMILES string of the molecule is COc1ccccc1Oc1nc2ccccn2c(=O)c1C=C(C#N)C(=O)N1CCCCC1. The molecule has 3 heterocycles. The third-order valence-corrected chi connectivity index (χ3v) is 5.29. The van der Waals surface area contributed by atoms with E-state index in [0.29, 0.717) is 30.2 Å². The Kier molecular flexibility index (Phi) is 6.17. The van der Waals surface area contributed by atoms with E-state index in [4.69, 9.17) is 9.47 Å². The maximum Gasteiger partial charge on any atom is 0.269 e. The molecule has 0 unspecified atom stereocenters. The van der Waals surface area contributed by atoms with Gasteiger partial charge in [-0.05, 0) is 49.6 Å². The number of nitriles is 1. The van der Waals surface area contributed by atoms with Gasteiger partial charge >= 0.3 is 0 Å². The van der Waals surface area contributed by atoms with Gasteiger partial charge in [-0.15, -0.1) is 0 Å². The minimum Gasteiger partial charge on any atom is -0.493 e. The lowest BCUT2D eigenvalue weighted by Crippen LogP contribution is -2.36. The van der Waals surface area contributed by atoms with Crippen LogP contribution in [0.4, 0.5) is 0 Å². The molecule has 0 saturated carbocycles. The van der Waals surface area contributed by atoms with Gasteiger partial charge in [0.25, 0.3) is 11.5 Å². The standard InChI is InChI=1S/C24H22N4O4/c1-31-19-9-3-4-10-20(19)32-22-18(24(30)28-14-8-5-11-21(28)26-22)15-17(16-25)23(29)27-12-6-2-7-13-27/h3-5,8-11,14-15H,2,6-7,12-13H2,1H3. The monoisotopic (exact) mass is 430 g/mol. The third kappa shape index (κ3) is 4.18. The Bertz CT molecular complexity index is 1280. The molecule has 1 aliphatic heterocycles. The van der Waals surface area contributed by atoms with E-state index in [1.54, 1.807) is 53.6 Å². The molecule has 0 aliphatic carbocycles. The Balaban J connectivity index is 1.85. The molecule has 0 atom stereocenters. The fraction of sp³-hybridized carbons (Fsp3) is 0.250. The molecule has 32 heavy (non-hydrogen) atoms. The van der Waals surface area contributed by atoms with Crippen molar-refractivity contribution in [3.05, 3.63) is 70.2 Å². The number of ether oxygens (including phenoxy) is 2. The van der Waals surface area contributed by atoms with E-state index in [2.05, 4.69) is 4.98 Å². The highest BCUT2D eigenvalue weighted by molar-refractivity contribution is 6.02. The summed E-state index contributed by atoms with van der Waals surface area (Å²) in [5.41, 5.74) is -0.187. The highest BCUT2D eigenvalue weighted by atomic mass is 16.5. The van der Waals surface area contributed by atoms with Crippen molar-refractivity contribution >= 4 is 17.6 Å². The first kappa shape index (κ1) is 21.1. The van der Waals surface area contributed by atoms with Crippen LogP contribution in [0.2, 0.25) is 0 Å². The zero-order valence-electron chi connectivity index (χ0n) is 17.7. The number of methoxy groups -OCH3 is 1. The first-order chi connectivity index (χ1) is 15.6. The summed E-state index contributed by atoms with van der Waals surface area (Å²) in [6.07, 6.45) is 5.70. The summed E-state index contributed by atoms with van der Waals surface area (Å²) in [7, 11) is 1.51. The number of pyridine rings is 1. The number of benzene rings is 1. The number of carbonyl (C=O) groups excluding carboxylic acids is 1. The van der Waals surface area contributed by atoms with Crippen LogP contribution in [-0.4, -0.2) is 40.4 Å². The van der Waals surface area contributed by atoms with E-state index in [9.17, 15) is 14.9 Å². The summed E-state index contributed by atoms with van der Waals surface area (Å²) in [6.45, 7) is 1.19. The quantitative estimate of drug-likeness (QED) is 0.455. The van der Waals surface area contributed by atoms with Gasteiger partial charge in [-0.2, -0.15) is 10.2 Å². The Morgan fingerprint density at radius 3 is 2.53 bits per heavy atom. The number of piperidine rings is 1. The molecule has 0 bridgehead atoms. The Morgan fingerprint density at radius 1 is 1.09 bits per heavy atom. The van der Waals surface area contributed by atoms with Crippen molar-refractivity contribution in [2.24, 2.45) is 0 Å². The molecule has 1 amide bonds. The molecular formula is C24H22N4O4. The summed E-state index contributed by atoms with van der Waals surface area (Å²) in [5.74, 6) is 0.415. The smallest absolute Gasteiger partial charge is 0.269 e. The van der Waals surface area contributed by atoms with Gasteiger partial charge in [0.15, 0.2) is 11.5 Å². The van der Waals surface area contributed by atoms with Crippen LogP contribution >= 0.6 is 0 Å². The van der Waals surface area contributed by atoms with Crippen LogP contribution in [0.15, 0.2) is 59.0 Å². The summed E-state index contributed by atoms with van der Waals surface area (Å²) in [4.78, 5) is 32.3. The molecule has 2 aromatic heterocycles. The van der Waals surface area contributed by atoms with Gasteiger partial charge in [-0.3, -0.25) is 14.0 Å². The highest BCUT2D eigenvalue weighted by Crippen LogP contribution is 2.32. The number of fused-ring (bicyclic) bond motifs is 1. The average molecular weight is 430 g/mol. The molecule has 1 saturated heterocycles. The van der Waals surface area contributed by atoms with Crippen LogP contribution in [0.5, 0.6) is 17.4 Å². The van der Waals surface area contributed by atoms with Crippen LogP contribution in [-0.2, 0) is 4.79 Å². The highest BCUT2D eigenvalue weighted by Gasteiger charge is 2.23. The van der Waals surface area contributed by atoms with Crippen molar-refractivity contribution in [1.29, 1.82) is 5.26 Å². The fourth-order valence-electron chi connectivity index (χ4n) is 3.64. The molecule has 1 aliphatic rings. The number of aromatic nitrogens is 2. The zero-order chi connectivity index (χ0) is 22.5. The van der Waals surface area contributed by atoms with Crippen LogP contribution in [0, 0.1) is 11.3 Å². The maximum atomic E-state index is 13.3. The molecule has 4 rings (SSSR count). The Hall–Kier alpha value is -4.12. The molecular weight excluding hydrogens is 408 g/mol. The van der Waals surface area contributed by atoms with Crippen LogP contribution < -0.4 is 15.0 Å². The third-order valence-electron chi connectivity index (χ3n) is 5.29. The molecule has 1 aromatic carbocycles. The van der Waals surface area contributed by atoms with Crippen molar-refractivity contribution in [3.63, 3.8) is 0 Å². The topological polar surface area (TPSA) is 96.9 Å². The van der Waals surface area contributed by atoms with Crippen molar-refractivity contribution in [3.8, 4) is 23.4 Å². The predicted octanol–water partition coefficient (Wildman–Crippen LogP) is 3.41. The fourth-order valence-corrected chi connectivity index (χ4v) is 3.64. The second-order valence-corrected chi connectivity index (χ2v) is 7.34. The van der Waals surface area contributed by atoms with Crippen LogP contribution in [0.1, 0.15) is 24.8 Å². The molecule has 8 heteroatoms. The minimum atomic E-state index is -0.445. The van der Waals surface area contributed by atoms with E-state index >= 15 is 0 Å². The Labute approximate surface area is 184 Å². The largest absolute Gasteiger partial charge is 0.493 e. The number of hydrogen-bond donors (Lipinski definition) is 0. The predicted molar refractivity (Wildman–Crippen MR) is 119 cm³/mol. The molecule has 0 N–H and O–H groups in total. The van der Waals surface area contributed by atoms with Gasteiger partial charge in [0, 0.05) is 19.3 Å². The van der Waals surface area contributed by atoms with E-state index in [-0.39, 0.29) is 17.0 Å². The average Bonchev–Trinajstić information content (AvgIpc) is 2.84. The number of rotatable bonds is 5. The maximum absolute atomic E-state index is 13.3. The van der Waals surface area contributed by atoms with Gasteiger partial charge in [0.05, 0.1) is 7.11 Å². The number of carbonyl (C=O) groups is 1. The van der Waals surface area contributed by atoms with Gasteiger partial charge in [0.1, 0.15) is 22.9 Å².